The van der Waals surface area contributed by atoms with Gasteiger partial charge >= 0.3 is 0 Å². The molecule has 4 rings (SSSR count). The molecule has 0 fully saturated rings. The topological polar surface area (TPSA) is 83.0 Å². The molecule has 0 aliphatic carbocycles. The summed E-state index contributed by atoms with van der Waals surface area (Å²) in [6.07, 6.45) is 1.28. The minimum Gasteiger partial charge on any atom is -0.487 e. The maximum atomic E-state index is 13.7. The van der Waals surface area contributed by atoms with Gasteiger partial charge in [-0.05, 0) is 67.9 Å². The van der Waals surface area contributed by atoms with E-state index in [0.29, 0.717) is 24.3 Å². The first-order chi connectivity index (χ1) is 18.2. The van der Waals surface area contributed by atoms with Gasteiger partial charge in [0.25, 0.3) is 0 Å². The summed E-state index contributed by atoms with van der Waals surface area (Å²) >= 11 is 0. The normalized spacial score (nSPS) is 19.8. The Morgan fingerprint density at radius 3 is 2.71 bits per heavy atom. The molecule has 200 valence electrons. The number of aliphatic hydroxyl groups is 1. The highest BCUT2D eigenvalue weighted by Gasteiger charge is 2.38. The molecule has 7 nitrogen and oxygen atoms in total. The van der Waals surface area contributed by atoms with Gasteiger partial charge in [0, 0.05) is 43.4 Å². The fraction of sp³-hybridized carbons (Fsp3) is 0.345. The molecule has 0 saturated heterocycles. The van der Waals surface area contributed by atoms with E-state index in [-0.39, 0.29) is 41.6 Å². The van der Waals surface area contributed by atoms with Crippen LogP contribution >= 0.6 is 0 Å². The maximum absolute atomic E-state index is 13.7. The Balaban J connectivity index is 1.68. The zero-order valence-electron chi connectivity index (χ0n) is 21.7. The maximum Gasteiger partial charge on any atom is 0.247 e. The van der Waals surface area contributed by atoms with Gasteiger partial charge in [0.05, 0.1) is 6.61 Å². The highest BCUT2D eigenvalue weighted by atomic mass is 32.2. The van der Waals surface area contributed by atoms with Crippen LogP contribution in [0.1, 0.15) is 30.7 Å². The largest absolute Gasteiger partial charge is 0.487 e. The summed E-state index contributed by atoms with van der Waals surface area (Å²) in [5, 5.41) is 9.84. The molecule has 1 aromatic heterocycles. The van der Waals surface area contributed by atoms with Gasteiger partial charge in [-0.15, -0.1) is 0 Å². The number of sulfonamides is 1. The van der Waals surface area contributed by atoms with Gasteiger partial charge in [0.2, 0.25) is 10.0 Å². The van der Waals surface area contributed by atoms with Crippen LogP contribution in [0.3, 0.4) is 0 Å². The van der Waals surface area contributed by atoms with Gasteiger partial charge in [-0.25, -0.2) is 17.8 Å². The number of aliphatic hydroxyl groups excluding tert-OH is 1. The second kappa shape index (κ2) is 12.0. The van der Waals surface area contributed by atoms with E-state index in [1.54, 1.807) is 43.5 Å². The number of likely N-dealkylation sites (N-methyl/N-ethyl adjacent to an activating group) is 1. The van der Waals surface area contributed by atoms with E-state index in [0.717, 1.165) is 5.56 Å². The average molecular weight is 538 g/mol. The number of pyridine rings is 1. The second-order valence-electron chi connectivity index (χ2n) is 9.69. The van der Waals surface area contributed by atoms with E-state index >= 15 is 0 Å². The number of hydrogen-bond donors (Lipinski definition) is 1. The predicted molar refractivity (Wildman–Crippen MR) is 143 cm³/mol. The molecule has 2 heterocycles. The molecular formula is C29H32FN3O4S. The summed E-state index contributed by atoms with van der Waals surface area (Å²) in [5.74, 6) is 5.74. The molecule has 38 heavy (non-hydrogen) atoms. The van der Waals surface area contributed by atoms with Crippen molar-refractivity contribution in [2.45, 2.75) is 37.4 Å². The van der Waals surface area contributed by atoms with Gasteiger partial charge in [0.15, 0.2) is 0 Å². The highest BCUT2D eigenvalue weighted by Crippen LogP contribution is 2.34. The van der Waals surface area contributed by atoms with E-state index < -0.39 is 16.1 Å². The van der Waals surface area contributed by atoms with Crippen molar-refractivity contribution in [3.63, 3.8) is 0 Å². The zero-order chi connectivity index (χ0) is 27.3. The Bertz CT molecular complexity index is 1420. The molecule has 9 heteroatoms. The van der Waals surface area contributed by atoms with E-state index in [4.69, 9.17) is 4.74 Å². The lowest BCUT2D eigenvalue weighted by molar-refractivity contribution is 0.0733. The van der Waals surface area contributed by atoms with Crippen molar-refractivity contribution >= 4 is 10.0 Å². The minimum absolute atomic E-state index is 0.0332. The third-order valence-corrected chi connectivity index (χ3v) is 8.52. The summed E-state index contributed by atoms with van der Waals surface area (Å²) in [5.41, 5.74) is 2.02. The predicted octanol–water partition coefficient (Wildman–Crippen LogP) is 3.52. The Morgan fingerprint density at radius 1 is 1.18 bits per heavy atom. The first kappa shape index (κ1) is 27.7. The summed E-state index contributed by atoms with van der Waals surface area (Å²) in [6.45, 7) is 4.47. The van der Waals surface area contributed by atoms with Gasteiger partial charge in [-0.2, -0.15) is 4.31 Å². The molecule has 1 N–H and O–H groups in total. The molecule has 3 atom stereocenters. The molecular weight excluding hydrogens is 505 g/mol. The Hall–Kier alpha value is -3.29. The van der Waals surface area contributed by atoms with Crippen LogP contribution in [0.4, 0.5) is 4.39 Å². The summed E-state index contributed by atoms with van der Waals surface area (Å²) in [4.78, 5) is 6.26. The van der Waals surface area contributed by atoms with Crippen LogP contribution in [-0.4, -0.2) is 66.6 Å². The average Bonchev–Trinajstić information content (AvgIpc) is 2.89. The molecule has 0 radical (unpaired) electrons. The van der Waals surface area contributed by atoms with Crippen molar-refractivity contribution in [1.82, 2.24) is 14.2 Å². The fourth-order valence-corrected chi connectivity index (χ4v) is 6.24. The number of aromatic nitrogens is 1. The van der Waals surface area contributed by atoms with E-state index in [2.05, 4.69) is 16.8 Å². The van der Waals surface area contributed by atoms with Crippen molar-refractivity contribution in [3.8, 4) is 17.6 Å². The van der Waals surface area contributed by atoms with Crippen LogP contribution in [0.15, 0.2) is 71.8 Å². The third kappa shape index (κ3) is 6.58. The van der Waals surface area contributed by atoms with E-state index in [1.165, 1.54) is 22.5 Å². The standard InChI is InChI=1S/C29H32FN3O4S/c1-21-17-33(22(2)20-34)38(35,36)29-13-11-23(10-12-26-9-4-5-14-31-26)16-27(29)37-28(21)19-32(3)18-24-7-6-8-25(30)15-24/h4-9,11,13-16,21-22,28,34H,17-20H2,1-3H3/t21-,22+,28-/m1/s1. The van der Waals surface area contributed by atoms with Crippen molar-refractivity contribution < 1.29 is 22.7 Å². The summed E-state index contributed by atoms with van der Waals surface area (Å²) < 4.78 is 48.8. The van der Waals surface area contributed by atoms with Crippen molar-refractivity contribution in [1.29, 1.82) is 0 Å². The number of halogens is 1. The van der Waals surface area contributed by atoms with Crippen molar-refractivity contribution in [3.05, 3.63) is 89.5 Å². The van der Waals surface area contributed by atoms with Crippen molar-refractivity contribution in [2.75, 3.05) is 26.7 Å². The molecule has 0 spiro atoms. The number of benzene rings is 2. The molecule has 1 aliphatic rings. The Labute approximate surface area is 223 Å². The summed E-state index contributed by atoms with van der Waals surface area (Å²) in [6, 6.07) is 16.1. The van der Waals surface area contributed by atoms with Crippen LogP contribution in [0, 0.1) is 23.6 Å². The lowest BCUT2D eigenvalue weighted by atomic mass is 10.0. The van der Waals surface area contributed by atoms with Crippen LogP contribution in [0.25, 0.3) is 0 Å². The zero-order valence-corrected chi connectivity index (χ0v) is 22.5. The fourth-order valence-electron chi connectivity index (χ4n) is 4.41. The number of ether oxygens (including phenoxy) is 1. The van der Waals surface area contributed by atoms with Crippen LogP contribution < -0.4 is 4.74 Å². The molecule has 0 bridgehead atoms. The molecule has 1 aliphatic heterocycles. The van der Waals surface area contributed by atoms with Gasteiger partial charge < -0.3 is 9.84 Å². The van der Waals surface area contributed by atoms with Crippen LogP contribution in [-0.2, 0) is 16.6 Å². The monoisotopic (exact) mass is 537 g/mol. The van der Waals surface area contributed by atoms with Gasteiger partial charge in [-0.1, -0.05) is 31.0 Å². The molecule has 0 unspecified atom stereocenters. The lowest BCUT2D eigenvalue weighted by Gasteiger charge is -2.37. The van der Waals surface area contributed by atoms with Gasteiger partial charge in [-0.3, -0.25) is 4.90 Å². The second-order valence-corrected chi connectivity index (χ2v) is 11.6. The third-order valence-electron chi connectivity index (χ3n) is 6.50. The van der Waals surface area contributed by atoms with Crippen LogP contribution in [0.5, 0.6) is 5.75 Å². The number of hydrogen-bond acceptors (Lipinski definition) is 6. The molecule has 0 saturated carbocycles. The molecule has 2 aromatic carbocycles. The van der Waals surface area contributed by atoms with E-state index in [9.17, 15) is 17.9 Å². The first-order valence-electron chi connectivity index (χ1n) is 12.5. The molecule has 3 aromatic rings. The van der Waals surface area contributed by atoms with Crippen molar-refractivity contribution in [2.24, 2.45) is 5.92 Å². The van der Waals surface area contributed by atoms with Gasteiger partial charge in [0.1, 0.15) is 28.3 Å². The smallest absolute Gasteiger partial charge is 0.247 e. The Kier molecular flexibility index (Phi) is 8.80. The molecule has 0 amide bonds. The number of nitrogens with zero attached hydrogens (tertiary/aromatic N) is 3. The number of fused-ring (bicyclic) bond motifs is 1. The highest BCUT2D eigenvalue weighted by molar-refractivity contribution is 7.89. The first-order valence-corrected chi connectivity index (χ1v) is 13.9. The van der Waals surface area contributed by atoms with E-state index in [1.807, 2.05) is 31.0 Å². The SMILES string of the molecule is C[C@@H]1CN([C@@H](C)CO)S(=O)(=O)c2ccc(C#Cc3ccccn3)cc2O[C@@H]1CN(C)Cc1cccc(F)c1. The Morgan fingerprint density at radius 2 is 2.00 bits per heavy atom. The minimum atomic E-state index is -3.94. The van der Waals surface area contributed by atoms with Crippen LogP contribution in [0.2, 0.25) is 0 Å². The summed E-state index contributed by atoms with van der Waals surface area (Å²) in [7, 11) is -2.03. The number of rotatable bonds is 6. The lowest BCUT2D eigenvalue weighted by Crippen LogP contribution is -2.49. The quantitative estimate of drug-likeness (QED) is 0.485.